The van der Waals surface area contributed by atoms with Crippen molar-refractivity contribution in [2.24, 2.45) is 0 Å². The number of unbranched alkanes of at least 4 members (excludes halogenated alkanes) is 12. The minimum Gasteiger partial charge on any atom is -0.396 e. The Kier molecular flexibility index (Phi) is 17.4. The standard InChI is InChI=1S/C24H46O7/c25-17-15-13-11-9-7-5-3-1-2-4-6-8-10-12-14-16-18-30-24-23(29)22(28)21(27)20(19-26)31-24/h1-2,20-29H,3-19H2/b2-1+/t20-,21-,22+,23-,24-/m1/s1. The summed E-state index contributed by atoms with van der Waals surface area (Å²) in [5.74, 6) is 0. The maximum absolute atomic E-state index is 9.91. The highest BCUT2D eigenvalue weighted by molar-refractivity contribution is 4.88. The van der Waals surface area contributed by atoms with E-state index in [1.165, 1.54) is 51.4 Å². The zero-order valence-electron chi connectivity index (χ0n) is 19.1. The van der Waals surface area contributed by atoms with Crippen molar-refractivity contribution in [1.29, 1.82) is 0 Å². The molecular formula is C24H46O7. The van der Waals surface area contributed by atoms with Crippen LogP contribution in [-0.4, -0.2) is 76.1 Å². The molecule has 1 aliphatic rings. The molecule has 1 heterocycles. The zero-order valence-corrected chi connectivity index (χ0v) is 19.1. The van der Waals surface area contributed by atoms with Crippen LogP contribution < -0.4 is 0 Å². The number of hydrogen-bond donors (Lipinski definition) is 5. The molecule has 1 saturated heterocycles. The average Bonchev–Trinajstić information content (AvgIpc) is 2.78. The Hall–Kier alpha value is -0.540. The van der Waals surface area contributed by atoms with E-state index in [-0.39, 0.29) is 0 Å². The summed E-state index contributed by atoms with van der Waals surface area (Å²) in [6, 6.07) is 0. The van der Waals surface area contributed by atoms with Gasteiger partial charge in [0.15, 0.2) is 6.29 Å². The van der Waals surface area contributed by atoms with E-state index in [0.29, 0.717) is 13.2 Å². The summed E-state index contributed by atoms with van der Waals surface area (Å²) >= 11 is 0. The third-order valence-corrected chi connectivity index (χ3v) is 5.84. The lowest BCUT2D eigenvalue weighted by Crippen LogP contribution is -2.59. The second-order valence-corrected chi connectivity index (χ2v) is 8.58. The monoisotopic (exact) mass is 446 g/mol. The van der Waals surface area contributed by atoms with E-state index in [9.17, 15) is 15.3 Å². The topological polar surface area (TPSA) is 120 Å². The number of rotatable bonds is 19. The maximum atomic E-state index is 9.91. The molecule has 1 aliphatic heterocycles. The fraction of sp³-hybridized carbons (Fsp3) is 0.917. The Balaban J connectivity index is 1.88. The summed E-state index contributed by atoms with van der Waals surface area (Å²) in [5.41, 5.74) is 0. The number of ether oxygens (including phenoxy) is 2. The highest BCUT2D eigenvalue weighted by Crippen LogP contribution is 2.22. The third-order valence-electron chi connectivity index (χ3n) is 5.84. The predicted octanol–water partition coefficient (Wildman–Crippen LogP) is 2.81. The van der Waals surface area contributed by atoms with E-state index in [1.807, 2.05) is 0 Å². The molecule has 0 aliphatic carbocycles. The van der Waals surface area contributed by atoms with Gasteiger partial charge < -0.3 is 35.0 Å². The minimum atomic E-state index is -1.38. The molecule has 0 aromatic rings. The van der Waals surface area contributed by atoms with Gasteiger partial charge in [0.05, 0.1) is 6.61 Å². The quantitative estimate of drug-likeness (QED) is 0.153. The fourth-order valence-corrected chi connectivity index (χ4v) is 3.79. The van der Waals surface area contributed by atoms with Gasteiger partial charge in [-0.2, -0.15) is 0 Å². The van der Waals surface area contributed by atoms with Crippen molar-refractivity contribution in [3.8, 4) is 0 Å². The van der Waals surface area contributed by atoms with Gasteiger partial charge in [-0.1, -0.05) is 63.5 Å². The lowest BCUT2D eigenvalue weighted by atomic mass is 9.99. The minimum absolute atomic E-state index is 0.322. The zero-order chi connectivity index (χ0) is 22.7. The van der Waals surface area contributed by atoms with Crippen molar-refractivity contribution in [1.82, 2.24) is 0 Å². The largest absolute Gasteiger partial charge is 0.396 e. The normalized spacial score (nSPS) is 26.7. The Morgan fingerprint density at radius 1 is 0.613 bits per heavy atom. The van der Waals surface area contributed by atoms with Crippen LogP contribution in [-0.2, 0) is 9.47 Å². The highest BCUT2D eigenvalue weighted by atomic mass is 16.7. The van der Waals surface area contributed by atoms with E-state index in [4.69, 9.17) is 19.7 Å². The molecule has 0 spiro atoms. The predicted molar refractivity (Wildman–Crippen MR) is 121 cm³/mol. The average molecular weight is 447 g/mol. The molecule has 1 fully saturated rings. The lowest BCUT2D eigenvalue weighted by molar-refractivity contribution is -0.301. The van der Waals surface area contributed by atoms with Crippen LogP contribution in [0.1, 0.15) is 89.9 Å². The molecule has 0 saturated carbocycles. The summed E-state index contributed by atoms with van der Waals surface area (Å²) < 4.78 is 10.8. The van der Waals surface area contributed by atoms with Crippen LogP contribution in [0, 0.1) is 0 Å². The summed E-state index contributed by atoms with van der Waals surface area (Å²) in [6.07, 6.45) is 14.8. The van der Waals surface area contributed by atoms with Crippen LogP contribution >= 0.6 is 0 Å². The Labute approximate surface area is 188 Å². The second-order valence-electron chi connectivity index (χ2n) is 8.58. The van der Waals surface area contributed by atoms with E-state index < -0.39 is 37.3 Å². The van der Waals surface area contributed by atoms with Gasteiger partial charge >= 0.3 is 0 Å². The van der Waals surface area contributed by atoms with Gasteiger partial charge in [0.25, 0.3) is 0 Å². The molecular weight excluding hydrogens is 400 g/mol. The van der Waals surface area contributed by atoms with Crippen molar-refractivity contribution in [3.63, 3.8) is 0 Å². The first-order valence-electron chi connectivity index (χ1n) is 12.3. The van der Waals surface area contributed by atoms with Gasteiger partial charge in [0, 0.05) is 13.2 Å². The van der Waals surface area contributed by atoms with E-state index in [0.717, 1.165) is 38.5 Å². The molecule has 7 heteroatoms. The number of allylic oxidation sites excluding steroid dienone is 2. The maximum Gasteiger partial charge on any atom is 0.186 e. The molecule has 1 rings (SSSR count). The molecule has 7 nitrogen and oxygen atoms in total. The second kappa shape index (κ2) is 19.0. The number of aliphatic hydroxyl groups excluding tert-OH is 5. The Morgan fingerprint density at radius 2 is 1.13 bits per heavy atom. The Morgan fingerprint density at radius 3 is 1.68 bits per heavy atom. The number of aliphatic hydroxyl groups is 5. The molecule has 0 radical (unpaired) electrons. The molecule has 0 aromatic carbocycles. The van der Waals surface area contributed by atoms with Crippen molar-refractivity contribution < 1.29 is 35.0 Å². The molecule has 0 bridgehead atoms. The first-order chi connectivity index (χ1) is 15.1. The van der Waals surface area contributed by atoms with Crippen LogP contribution in [0.4, 0.5) is 0 Å². The SMILES string of the molecule is OCCCCCCCC/C=C/CCCCCCCCO[C@@H]1O[C@H](CO)[C@@H](O)[C@H](O)[C@H]1O. The van der Waals surface area contributed by atoms with Crippen LogP contribution in [0.3, 0.4) is 0 Å². The van der Waals surface area contributed by atoms with Gasteiger partial charge in [-0.25, -0.2) is 0 Å². The molecule has 0 amide bonds. The molecule has 5 atom stereocenters. The molecule has 0 unspecified atom stereocenters. The van der Waals surface area contributed by atoms with Gasteiger partial charge in [-0.15, -0.1) is 0 Å². The van der Waals surface area contributed by atoms with Crippen molar-refractivity contribution in [2.75, 3.05) is 19.8 Å². The molecule has 184 valence electrons. The number of hydrogen-bond acceptors (Lipinski definition) is 7. The first-order valence-corrected chi connectivity index (χ1v) is 12.3. The van der Waals surface area contributed by atoms with Crippen molar-refractivity contribution >= 4 is 0 Å². The Bertz CT molecular complexity index is 430. The van der Waals surface area contributed by atoms with Crippen LogP contribution in [0.25, 0.3) is 0 Å². The van der Waals surface area contributed by atoms with Gasteiger partial charge in [0.1, 0.15) is 24.4 Å². The highest BCUT2D eigenvalue weighted by Gasteiger charge is 2.43. The van der Waals surface area contributed by atoms with Gasteiger partial charge in [-0.05, 0) is 38.5 Å². The molecule has 5 N–H and O–H groups in total. The summed E-state index contributed by atoms with van der Waals surface area (Å²) in [6.45, 7) is 0.293. The van der Waals surface area contributed by atoms with Crippen LogP contribution in [0.5, 0.6) is 0 Å². The molecule has 31 heavy (non-hydrogen) atoms. The van der Waals surface area contributed by atoms with Crippen LogP contribution in [0.15, 0.2) is 12.2 Å². The first kappa shape index (κ1) is 28.5. The molecule has 0 aromatic heterocycles. The van der Waals surface area contributed by atoms with Crippen molar-refractivity contribution in [2.45, 2.75) is 121 Å². The van der Waals surface area contributed by atoms with Crippen molar-refractivity contribution in [3.05, 3.63) is 12.2 Å². The van der Waals surface area contributed by atoms with Gasteiger partial charge in [-0.3, -0.25) is 0 Å². The lowest BCUT2D eigenvalue weighted by Gasteiger charge is -2.39. The summed E-state index contributed by atoms with van der Waals surface area (Å²) in [5, 5.41) is 47.3. The van der Waals surface area contributed by atoms with Crippen LogP contribution in [0.2, 0.25) is 0 Å². The van der Waals surface area contributed by atoms with E-state index in [2.05, 4.69) is 12.2 Å². The fourth-order valence-electron chi connectivity index (χ4n) is 3.79. The van der Waals surface area contributed by atoms with Gasteiger partial charge in [0.2, 0.25) is 0 Å². The van der Waals surface area contributed by atoms with E-state index >= 15 is 0 Å². The summed E-state index contributed by atoms with van der Waals surface area (Å²) in [4.78, 5) is 0. The smallest absolute Gasteiger partial charge is 0.186 e. The summed E-state index contributed by atoms with van der Waals surface area (Å²) in [7, 11) is 0. The third kappa shape index (κ3) is 12.9. The van der Waals surface area contributed by atoms with E-state index in [1.54, 1.807) is 0 Å².